The van der Waals surface area contributed by atoms with Crippen LogP contribution in [-0.2, 0) is 0 Å². The number of amides is 1. The van der Waals surface area contributed by atoms with Crippen molar-refractivity contribution < 1.29 is 4.79 Å². The van der Waals surface area contributed by atoms with Gasteiger partial charge in [0.15, 0.2) is 0 Å². The Labute approximate surface area is 130 Å². The zero-order valence-electron chi connectivity index (χ0n) is 12.1. The van der Waals surface area contributed by atoms with E-state index in [-0.39, 0.29) is 0 Å². The summed E-state index contributed by atoms with van der Waals surface area (Å²) in [5.41, 5.74) is 14.0. The summed E-state index contributed by atoms with van der Waals surface area (Å²) in [6.45, 7) is 0. The van der Waals surface area contributed by atoms with Crippen LogP contribution in [0.15, 0.2) is 84.9 Å². The first-order valence-electron chi connectivity index (χ1n) is 6.92. The first-order valence-corrected chi connectivity index (χ1v) is 6.92. The van der Waals surface area contributed by atoms with Crippen LogP contribution >= 0.6 is 0 Å². The zero-order valence-corrected chi connectivity index (χ0v) is 12.1. The number of benzene rings is 3. The fraction of sp³-hybridized carbons (Fsp3) is 0. The predicted octanol–water partition coefficient (Wildman–Crippen LogP) is 3.72. The molecule has 0 bridgehead atoms. The number of hydrogen-bond acceptors (Lipinski definition) is 2. The molecule has 3 aromatic carbocycles. The molecule has 0 aromatic heterocycles. The Morgan fingerprint density at radius 1 is 0.636 bits per heavy atom. The lowest BCUT2D eigenvalue weighted by Gasteiger charge is -1.98. The number of anilines is 1. The van der Waals surface area contributed by atoms with E-state index in [1.165, 1.54) is 11.1 Å². The lowest BCUT2D eigenvalue weighted by Crippen LogP contribution is -2.10. The average molecular weight is 290 g/mol. The maximum atomic E-state index is 10.5. The molecule has 0 radical (unpaired) electrons. The van der Waals surface area contributed by atoms with Crippen molar-refractivity contribution >= 4 is 11.6 Å². The quantitative estimate of drug-likeness (QED) is 0.706. The summed E-state index contributed by atoms with van der Waals surface area (Å²) >= 11 is 0. The van der Waals surface area contributed by atoms with Crippen molar-refractivity contribution in [3.8, 4) is 11.1 Å². The van der Waals surface area contributed by atoms with Gasteiger partial charge in [-0.2, -0.15) is 0 Å². The first kappa shape index (κ1) is 15.3. The van der Waals surface area contributed by atoms with Crippen molar-refractivity contribution in [2.24, 2.45) is 5.73 Å². The Kier molecular flexibility index (Phi) is 5.32. The molecule has 0 spiro atoms. The van der Waals surface area contributed by atoms with Crippen LogP contribution in [0.1, 0.15) is 10.4 Å². The number of carbonyl (C=O) groups is 1. The monoisotopic (exact) mass is 290 g/mol. The third-order valence-electron chi connectivity index (χ3n) is 3.08. The van der Waals surface area contributed by atoms with Crippen LogP contribution in [0.25, 0.3) is 11.1 Å². The molecule has 0 heterocycles. The summed E-state index contributed by atoms with van der Waals surface area (Å²) < 4.78 is 0. The number of primary amides is 1. The lowest BCUT2D eigenvalue weighted by molar-refractivity contribution is 0.100. The lowest BCUT2D eigenvalue weighted by atomic mass is 10.1. The molecule has 0 saturated heterocycles. The molecule has 3 rings (SSSR count). The highest BCUT2D eigenvalue weighted by atomic mass is 16.1. The number of carbonyl (C=O) groups excluding carboxylic acids is 1. The summed E-state index contributed by atoms with van der Waals surface area (Å²) in [6, 6.07) is 27.2. The van der Waals surface area contributed by atoms with Crippen LogP contribution in [0.4, 0.5) is 5.69 Å². The summed E-state index contributed by atoms with van der Waals surface area (Å²) in [7, 11) is 0. The van der Waals surface area contributed by atoms with Gasteiger partial charge in [0.05, 0.1) is 0 Å². The standard InChI is InChI=1S/C12H10.C7H8N2O/c1-3-7-11(8-4-1)12-9-5-2-6-10-12;8-6-3-1-5(2-4-6)7(9)10/h1-10H;1-4H,8H2,(H2,9,10). The summed E-state index contributed by atoms with van der Waals surface area (Å²) in [5.74, 6) is -0.431. The van der Waals surface area contributed by atoms with Crippen LogP contribution in [0, 0.1) is 0 Å². The highest BCUT2D eigenvalue weighted by molar-refractivity contribution is 5.93. The molecule has 4 N–H and O–H groups in total. The van der Waals surface area contributed by atoms with Crippen LogP contribution in [0.3, 0.4) is 0 Å². The van der Waals surface area contributed by atoms with Crippen molar-refractivity contribution in [1.82, 2.24) is 0 Å². The van der Waals surface area contributed by atoms with E-state index < -0.39 is 5.91 Å². The molecule has 110 valence electrons. The van der Waals surface area contributed by atoms with Crippen LogP contribution in [-0.4, -0.2) is 5.91 Å². The van der Waals surface area contributed by atoms with Gasteiger partial charge in [-0.15, -0.1) is 0 Å². The Hall–Kier alpha value is -3.07. The van der Waals surface area contributed by atoms with Gasteiger partial charge in [-0.25, -0.2) is 0 Å². The molecule has 3 heteroatoms. The van der Waals surface area contributed by atoms with E-state index in [0.29, 0.717) is 11.3 Å². The summed E-state index contributed by atoms with van der Waals surface area (Å²) in [6.07, 6.45) is 0. The minimum Gasteiger partial charge on any atom is -0.399 e. The van der Waals surface area contributed by atoms with E-state index in [1.54, 1.807) is 24.3 Å². The minimum absolute atomic E-state index is 0.431. The highest BCUT2D eigenvalue weighted by Gasteiger charge is 1.96. The predicted molar refractivity (Wildman–Crippen MR) is 91.3 cm³/mol. The molecule has 3 nitrogen and oxygen atoms in total. The fourth-order valence-corrected chi connectivity index (χ4v) is 1.91. The molecule has 0 unspecified atom stereocenters. The van der Waals surface area contributed by atoms with Gasteiger partial charge >= 0.3 is 0 Å². The summed E-state index contributed by atoms with van der Waals surface area (Å²) in [5, 5.41) is 0. The van der Waals surface area contributed by atoms with Crippen LogP contribution in [0.2, 0.25) is 0 Å². The second-order valence-electron chi connectivity index (χ2n) is 4.72. The van der Waals surface area contributed by atoms with E-state index in [1.807, 2.05) is 12.1 Å². The van der Waals surface area contributed by atoms with Gasteiger partial charge in [0, 0.05) is 11.3 Å². The molecule has 0 aliphatic rings. The second kappa shape index (κ2) is 7.64. The van der Waals surface area contributed by atoms with Gasteiger partial charge in [-0.3, -0.25) is 4.79 Å². The van der Waals surface area contributed by atoms with Gasteiger partial charge in [0.25, 0.3) is 0 Å². The highest BCUT2D eigenvalue weighted by Crippen LogP contribution is 2.17. The third-order valence-corrected chi connectivity index (χ3v) is 3.08. The van der Waals surface area contributed by atoms with Crippen molar-refractivity contribution in [1.29, 1.82) is 0 Å². The number of hydrogen-bond donors (Lipinski definition) is 2. The topological polar surface area (TPSA) is 69.1 Å². The molecule has 0 aliphatic heterocycles. The normalized spacial score (nSPS) is 9.45. The van der Waals surface area contributed by atoms with Crippen molar-refractivity contribution in [2.45, 2.75) is 0 Å². The van der Waals surface area contributed by atoms with E-state index >= 15 is 0 Å². The SMILES string of the molecule is NC(=O)c1ccc(N)cc1.c1ccc(-c2ccccc2)cc1. The van der Waals surface area contributed by atoms with Gasteiger partial charge in [0.1, 0.15) is 0 Å². The largest absolute Gasteiger partial charge is 0.399 e. The second-order valence-corrected chi connectivity index (χ2v) is 4.72. The van der Waals surface area contributed by atoms with Gasteiger partial charge in [-0.1, -0.05) is 60.7 Å². The van der Waals surface area contributed by atoms with E-state index in [9.17, 15) is 4.79 Å². The minimum atomic E-state index is -0.431. The first-order chi connectivity index (χ1) is 10.7. The fourth-order valence-electron chi connectivity index (χ4n) is 1.91. The summed E-state index contributed by atoms with van der Waals surface area (Å²) in [4.78, 5) is 10.5. The number of nitrogens with two attached hydrogens (primary N) is 2. The molecule has 0 aliphatic carbocycles. The molecule has 0 saturated carbocycles. The molecule has 0 fully saturated rings. The molecule has 3 aromatic rings. The molecule has 22 heavy (non-hydrogen) atoms. The maximum absolute atomic E-state index is 10.5. The van der Waals surface area contributed by atoms with Gasteiger partial charge in [-0.05, 0) is 35.4 Å². The Balaban J connectivity index is 0.000000164. The average Bonchev–Trinajstić information content (AvgIpc) is 2.57. The zero-order chi connectivity index (χ0) is 15.8. The number of nitrogen functional groups attached to an aromatic ring is 1. The van der Waals surface area contributed by atoms with E-state index in [2.05, 4.69) is 48.5 Å². The van der Waals surface area contributed by atoms with E-state index in [0.717, 1.165) is 0 Å². The molecule has 0 atom stereocenters. The Morgan fingerprint density at radius 2 is 1.05 bits per heavy atom. The van der Waals surface area contributed by atoms with Crippen molar-refractivity contribution in [3.63, 3.8) is 0 Å². The molecular formula is C19H18N2O. The van der Waals surface area contributed by atoms with E-state index in [4.69, 9.17) is 11.5 Å². The van der Waals surface area contributed by atoms with Gasteiger partial charge in [0.2, 0.25) is 5.91 Å². The maximum Gasteiger partial charge on any atom is 0.248 e. The molecular weight excluding hydrogens is 272 g/mol. The number of rotatable bonds is 2. The van der Waals surface area contributed by atoms with Crippen molar-refractivity contribution in [3.05, 3.63) is 90.5 Å². The smallest absolute Gasteiger partial charge is 0.248 e. The third kappa shape index (κ3) is 4.49. The molecule has 1 amide bonds. The Bertz CT molecular complexity index is 670. The van der Waals surface area contributed by atoms with Crippen molar-refractivity contribution in [2.75, 3.05) is 5.73 Å². The van der Waals surface area contributed by atoms with Crippen LogP contribution < -0.4 is 11.5 Å². The van der Waals surface area contributed by atoms with Crippen LogP contribution in [0.5, 0.6) is 0 Å². The van der Waals surface area contributed by atoms with Gasteiger partial charge < -0.3 is 11.5 Å². The Morgan fingerprint density at radius 3 is 1.41 bits per heavy atom.